The maximum Gasteiger partial charge on any atom is 0.312 e. The van der Waals surface area contributed by atoms with Gasteiger partial charge in [0.2, 0.25) is 11.4 Å². The van der Waals surface area contributed by atoms with Crippen molar-refractivity contribution in [3.05, 3.63) is 72.4 Å². The van der Waals surface area contributed by atoms with Gasteiger partial charge >= 0.3 is 5.91 Å². The number of fused-ring (bicyclic) bond motifs is 1. The second-order valence-electron chi connectivity index (χ2n) is 6.54. The summed E-state index contributed by atoms with van der Waals surface area (Å²) >= 11 is 0. The molecular weight excluding hydrogens is 382 g/mol. The van der Waals surface area contributed by atoms with Gasteiger partial charge in [0.25, 0.3) is 5.82 Å². The van der Waals surface area contributed by atoms with Gasteiger partial charge in [0.05, 0.1) is 33.1 Å². The van der Waals surface area contributed by atoms with Crippen molar-refractivity contribution in [3.8, 4) is 28.5 Å². The Bertz CT molecular complexity index is 1180. The van der Waals surface area contributed by atoms with E-state index in [2.05, 4.69) is 10.3 Å². The predicted octanol–water partition coefficient (Wildman–Crippen LogP) is 3.70. The number of hydrogen-bond donors (Lipinski definition) is 2. The number of imidazole rings is 1. The molecule has 152 valence electrons. The molecule has 0 saturated heterocycles. The number of ether oxygens (including phenoxy) is 3. The van der Waals surface area contributed by atoms with Crippen molar-refractivity contribution in [1.29, 1.82) is 0 Å². The Morgan fingerprint density at radius 2 is 1.57 bits per heavy atom. The van der Waals surface area contributed by atoms with Gasteiger partial charge in [-0.2, -0.15) is 0 Å². The molecule has 1 amide bonds. The quantitative estimate of drug-likeness (QED) is 0.481. The monoisotopic (exact) mass is 404 g/mol. The molecule has 2 aromatic heterocycles. The number of aromatic nitrogens is 2. The Kier molecular flexibility index (Phi) is 5.26. The van der Waals surface area contributed by atoms with Crippen LogP contribution in [0.3, 0.4) is 0 Å². The van der Waals surface area contributed by atoms with Crippen LogP contribution in [0.1, 0.15) is 10.4 Å². The molecule has 0 spiro atoms. The normalized spacial score (nSPS) is 10.6. The minimum Gasteiger partial charge on any atom is -0.493 e. The van der Waals surface area contributed by atoms with Gasteiger partial charge in [-0.05, 0) is 18.2 Å². The second-order valence-corrected chi connectivity index (χ2v) is 6.54. The number of anilines is 1. The fourth-order valence-corrected chi connectivity index (χ4v) is 3.38. The molecular formula is C23H22N3O4+. The zero-order valence-electron chi connectivity index (χ0n) is 16.9. The molecule has 0 atom stereocenters. The van der Waals surface area contributed by atoms with Gasteiger partial charge in [-0.25, -0.2) is 9.72 Å². The van der Waals surface area contributed by atoms with E-state index in [4.69, 9.17) is 14.2 Å². The summed E-state index contributed by atoms with van der Waals surface area (Å²) in [6, 6.07) is 18.9. The Balaban J connectivity index is 1.79. The number of H-pyrrole nitrogens is 1. The van der Waals surface area contributed by atoms with E-state index in [1.165, 1.54) is 21.3 Å². The SMILES string of the molecule is COc1cc(C(=O)Nc2c(-c3ccccc3)[nH]c3cccc[n+]23)cc(OC)c1OC. The molecule has 0 bridgehead atoms. The Labute approximate surface area is 173 Å². The number of hydrogen-bond acceptors (Lipinski definition) is 4. The molecule has 30 heavy (non-hydrogen) atoms. The van der Waals surface area contributed by atoms with Gasteiger partial charge in [0.1, 0.15) is 0 Å². The lowest BCUT2D eigenvalue weighted by molar-refractivity contribution is -0.493. The molecule has 0 fully saturated rings. The van der Waals surface area contributed by atoms with Crippen molar-refractivity contribution in [1.82, 2.24) is 4.98 Å². The molecule has 0 saturated carbocycles. The zero-order valence-corrected chi connectivity index (χ0v) is 16.9. The van der Waals surface area contributed by atoms with Gasteiger partial charge < -0.3 is 14.2 Å². The van der Waals surface area contributed by atoms with Gasteiger partial charge in [0.15, 0.2) is 17.2 Å². The Morgan fingerprint density at radius 1 is 0.900 bits per heavy atom. The van der Waals surface area contributed by atoms with E-state index in [0.717, 1.165) is 16.9 Å². The fourth-order valence-electron chi connectivity index (χ4n) is 3.38. The van der Waals surface area contributed by atoms with Crippen molar-refractivity contribution >= 4 is 17.4 Å². The minimum absolute atomic E-state index is 0.302. The van der Waals surface area contributed by atoms with Crippen molar-refractivity contribution in [2.75, 3.05) is 26.6 Å². The number of aromatic amines is 1. The van der Waals surface area contributed by atoms with Crippen molar-refractivity contribution in [2.24, 2.45) is 0 Å². The molecule has 2 heterocycles. The van der Waals surface area contributed by atoms with E-state index in [9.17, 15) is 4.79 Å². The van der Waals surface area contributed by atoms with Crippen LogP contribution < -0.4 is 23.9 Å². The smallest absolute Gasteiger partial charge is 0.312 e. The molecule has 4 rings (SSSR count). The summed E-state index contributed by atoms with van der Waals surface area (Å²) < 4.78 is 18.0. The first-order chi connectivity index (χ1) is 14.7. The first-order valence-corrected chi connectivity index (χ1v) is 9.35. The Morgan fingerprint density at radius 3 is 2.20 bits per heavy atom. The molecule has 0 unspecified atom stereocenters. The standard InChI is InChI=1S/C23H21N3O4/c1-28-17-13-16(14-18(29-2)21(17)30-3)23(27)25-22-20(15-9-5-4-6-10-15)24-19-11-7-8-12-26(19)22/h4-14H,1-3H3,(H,25,27)/p+1. The summed E-state index contributed by atoms with van der Waals surface area (Å²) in [6.45, 7) is 0. The van der Waals surface area contributed by atoms with Crippen LogP contribution in [0.4, 0.5) is 5.82 Å². The summed E-state index contributed by atoms with van der Waals surface area (Å²) in [5.74, 6) is 1.59. The van der Waals surface area contributed by atoms with Crippen LogP contribution in [0.2, 0.25) is 0 Å². The average Bonchev–Trinajstić information content (AvgIpc) is 3.16. The summed E-state index contributed by atoms with van der Waals surface area (Å²) in [5.41, 5.74) is 3.01. The number of nitrogens with one attached hydrogen (secondary N) is 2. The number of amides is 1. The number of pyridine rings is 1. The van der Waals surface area contributed by atoms with Gasteiger partial charge in [-0.1, -0.05) is 36.4 Å². The van der Waals surface area contributed by atoms with E-state index in [0.29, 0.717) is 28.6 Å². The average molecular weight is 404 g/mol. The van der Waals surface area contributed by atoms with Gasteiger partial charge in [-0.15, -0.1) is 0 Å². The number of carbonyl (C=O) groups excluding carboxylic acids is 1. The number of nitrogens with zero attached hydrogens (tertiary/aromatic N) is 1. The summed E-state index contributed by atoms with van der Waals surface area (Å²) in [5, 5.41) is 3.03. The number of methoxy groups -OCH3 is 3. The molecule has 2 aromatic carbocycles. The lowest BCUT2D eigenvalue weighted by atomic mass is 10.1. The van der Waals surface area contributed by atoms with Crippen LogP contribution in [0, 0.1) is 0 Å². The van der Waals surface area contributed by atoms with E-state index in [1.54, 1.807) is 12.1 Å². The van der Waals surface area contributed by atoms with Crippen molar-refractivity contribution in [2.45, 2.75) is 0 Å². The predicted molar refractivity (Wildman–Crippen MR) is 113 cm³/mol. The number of rotatable bonds is 6. The summed E-state index contributed by atoms with van der Waals surface area (Å²) in [4.78, 5) is 16.6. The fraction of sp³-hybridized carbons (Fsp3) is 0.130. The van der Waals surface area contributed by atoms with E-state index in [-0.39, 0.29) is 5.91 Å². The molecule has 0 radical (unpaired) electrons. The van der Waals surface area contributed by atoms with Gasteiger partial charge in [0, 0.05) is 11.6 Å². The lowest BCUT2D eigenvalue weighted by Crippen LogP contribution is -2.26. The zero-order chi connectivity index (χ0) is 21.1. The topological polar surface area (TPSA) is 76.7 Å². The molecule has 7 heteroatoms. The number of carbonyl (C=O) groups is 1. The lowest BCUT2D eigenvalue weighted by Gasteiger charge is -2.13. The van der Waals surface area contributed by atoms with E-state index < -0.39 is 0 Å². The molecule has 0 aliphatic heterocycles. The molecule has 2 N–H and O–H groups in total. The van der Waals surface area contributed by atoms with Crippen LogP contribution in [0.15, 0.2) is 66.9 Å². The van der Waals surface area contributed by atoms with Crippen LogP contribution >= 0.6 is 0 Å². The molecule has 4 aromatic rings. The maximum atomic E-state index is 13.2. The molecule has 7 nitrogen and oxygen atoms in total. The highest BCUT2D eigenvalue weighted by atomic mass is 16.5. The van der Waals surface area contributed by atoms with E-state index in [1.807, 2.05) is 59.1 Å². The Hall–Kier alpha value is -4.00. The van der Waals surface area contributed by atoms with Crippen LogP contribution in [0.25, 0.3) is 16.9 Å². The van der Waals surface area contributed by atoms with Crippen LogP contribution in [-0.2, 0) is 0 Å². The molecule has 0 aliphatic carbocycles. The highest BCUT2D eigenvalue weighted by molar-refractivity contribution is 6.05. The molecule has 0 aliphatic rings. The first kappa shape index (κ1) is 19.3. The minimum atomic E-state index is -0.302. The maximum absolute atomic E-state index is 13.2. The highest BCUT2D eigenvalue weighted by Crippen LogP contribution is 2.38. The number of benzene rings is 2. The summed E-state index contributed by atoms with van der Waals surface area (Å²) in [6.07, 6.45) is 1.89. The van der Waals surface area contributed by atoms with Crippen LogP contribution in [0.5, 0.6) is 17.2 Å². The van der Waals surface area contributed by atoms with E-state index >= 15 is 0 Å². The largest absolute Gasteiger partial charge is 0.493 e. The van der Waals surface area contributed by atoms with Gasteiger partial charge in [-0.3, -0.25) is 9.78 Å². The second kappa shape index (κ2) is 8.16. The summed E-state index contributed by atoms with van der Waals surface area (Å²) in [7, 11) is 4.55. The first-order valence-electron chi connectivity index (χ1n) is 9.35. The van der Waals surface area contributed by atoms with Crippen molar-refractivity contribution in [3.63, 3.8) is 0 Å². The third-order valence-corrected chi connectivity index (χ3v) is 4.81. The van der Waals surface area contributed by atoms with Crippen molar-refractivity contribution < 1.29 is 23.4 Å². The third-order valence-electron chi connectivity index (χ3n) is 4.81. The van der Waals surface area contributed by atoms with Crippen LogP contribution in [-0.4, -0.2) is 32.2 Å². The highest BCUT2D eigenvalue weighted by Gasteiger charge is 2.25. The third kappa shape index (κ3) is 3.41.